The lowest BCUT2D eigenvalue weighted by atomic mass is 10.1. The van der Waals surface area contributed by atoms with Crippen molar-refractivity contribution >= 4 is 5.91 Å². The molecule has 4 heteroatoms. The normalized spacial score (nSPS) is 22.1. The zero-order valence-corrected chi connectivity index (χ0v) is 11.8. The molecule has 4 nitrogen and oxygen atoms in total. The molecular formula is C14H28N2O2. The van der Waals surface area contributed by atoms with Crippen LogP contribution in [0.25, 0.3) is 0 Å². The first-order valence-corrected chi connectivity index (χ1v) is 7.32. The molecule has 1 saturated heterocycles. The van der Waals surface area contributed by atoms with Crippen LogP contribution in [-0.2, 0) is 4.79 Å². The van der Waals surface area contributed by atoms with Crippen molar-refractivity contribution in [1.82, 2.24) is 10.2 Å². The van der Waals surface area contributed by atoms with Crippen molar-refractivity contribution in [3.8, 4) is 0 Å². The highest BCUT2D eigenvalue weighted by molar-refractivity contribution is 5.78. The number of aliphatic hydroxyl groups excluding tert-OH is 1. The van der Waals surface area contributed by atoms with Crippen molar-refractivity contribution in [3.05, 3.63) is 0 Å². The highest BCUT2D eigenvalue weighted by atomic mass is 16.3. The fourth-order valence-corrected chi connectivity index (χ4v) is 2.61. The van der Waals surface area contributed by atoms with Gasteiger partial charge in [0.05, 0.1) is 12.6 Å². The first-order chi connectivity index (χ1) is 8.63. The fourth-order valence-electron chi connectivity index (χ4n) is 2.61. The molecule has 1 aliphatic heterocycles. The van der Waals surface area contributed by atoms with Gasteiger partial charge < -0.3 is 10.4 Å². The second-order valence-corrected chi connectivity index (χ2v) is 5.41. The molecule has 0 spiro atoms. The maximum Gasteiger partial charge on any atom is 0.234 e. The quantitative estimate of drug-likeness (QED) is 0.648. The zero-order valence-electron chi connectivity index (χ0n) is 11.8. The number of carbonyl (C=O) groups excluding carboxylic acids is 1. The van der Waals surface area contributed by atoms with E-state index in [0.29, 0.717) is 12.6 Å². The minimum atomic E-state index is -0.275. The third kappa shape index (κ3) is 5.83. The van der Waals surface area contributed by atoms with E-state index < -0.39 is 0 Å². The summed E-state index contributed by atoms with van der Waals surface area (Å²) in [6.07, 6.45) is 6.17. The van der Waals surface area contributed by atoms with Gasteiger partial charge in [0.25, 0.3) is 0 Å². The minimum Gasteiger partial charge on any atom is -0.393 e. The summed E-state index contributed by atoms with van der Waals surface area (Å²) in [6, 6.07) is 0.381. The molecular weight excluding hydrogens is 228 g/mol. The Bertz CT molecular complexity index is 244. The van der Waals surface area contributed by atoms with Crippen LogP contribution >= 0.6 is 0 Å². The Morgan fingerprint density at radius 1 is 1.50 bits per heavy atom. The Kier molecular flexibility index (Phi) is 7.28. The van der Waals surface area contributed by atoms with E-state index in [0.717, 1.165) is 38.8 Å². The summed E-state index contributed by atoms with van der Waals surface area (Å²) in [6.45, 7) is 6.25. The molecule has 2 unspecified atom stereocenters. The topological polar surface area (TPSA) is 52.6 Å². The van der Waals surface area contributed by atoms with Gasteiger partial charge in [0, 0.05) is 12.6 Å². The van der Waals surface area contributed by atoms with Crippen LogP contribution in [0.3, 0.4) is 0 Å². The Hall–Kier alpha value is -0.610. The molecule has 2 N–H and O–H groups in total. The number of hydrogen-bond acceptors (Lipinski definition) is 3. The SMILES string of the molecule is CCCCCNC(=O)CN1CCCC1CC(C)O. The van der Waals surface area contributed by atoms with Crippen LogP contribution in [-0.4, -0.2) is 47.7 Å². The molecule has 0 bridgehead atoms. The van der Waals surface area contributed by atoms with Gasteiger partial charge in [0.2, 0.25) is 5.91 Å². The van der Waals surface area contributed by atoms with Gasteiger partial charge in [-0.2, -0.15) is 0 Å². The van der Waals surface area contributed by atoms with Crippen LogP contribution in [0, 0.1) is 0 Å². The van der Waals surface area contributed by atoms with Gasteiger partial charge in [-0.1, -0.05) is 19.8 Å². The summed E-state index contributed by atoms with van der Waals surface area (Å²) < 4.78 is 0. The maximum absolute atomic E-state index is 11.8. The molecule has 0 aromatic heterocycles. The smallest absolute Gasteiger partial charge is 0.234 e. The highest BCUT2D eigenvalue weighted by Gasteiger charge is 2.26. The van der Waals surface area contributed by atoms with Crippen molar-refractivity contribution in [2.75, 3.05) is 19.6 Å². The Labute approximate surface area is 111 Å². The summed E-state index contributed by atoms with van der Waals surface area (Å²) in [5.74, 6) is 0.128. The van der Waals surface area contributed by atoms with Crippen molar-refractivity contribution in [3.63, 3.8) is 0 Å². The van der Waals surface area contributed by atoms with E-state index in [4.69, 9.17) is 0 Å². The molecule has 0 aliphatic carbocycles. The third-order valence-corrected chi connectivity index (χ3v) is 3.56. The average molecular weight is 256 g/mol. The van der Waals surface area contributed by atoms with Gasteiger partial charge in [-0.3, -0.25) is 9.69 Å². The number of aliphatic hydroxyl groups is 1. The van der Waals surface area contributed by atoms with Crippen molar-refractivity contribution in [2.45, 2.75) is 64.5 Å². The fraction of sp³-hybridized carbons (Fsp3) is 0.929. The lowest BCUT2D eigenvalue weighted by Crippen LogP contribution is -2.41. The molecule has 106 valence electrons. The number of unbranched alkanes of at least 4 members (excludes halogenated alkanes) is 2. The second-order valence-electron chi connectivity index (χ2n) is 5.41. The molecule has 1 aliphatic rings. The summed E-state index contributed by atoms with van der Waals surface area (Å²) in [4.78, 5) is 14.0. The molecule has 2 atom stereocenters. The summed E-state index contributed by atoms with van der Waals surface area (Å²) in [7, 11) is 0. The summed E-state index contributed by atoms with van der Waals surface area (Å²) in [5, 5.41) is 12.4. The summed E-state index contributed by atoms with van der Waals surface area (Å²) in [5.41, 5.74) is 0. The molecule has 0 aromatic rings. The molecule has 18 heavy (non-hydrogen) atoms. The molecule has 1 fully saturated rings. The number of nitrogens with one attached hydrogen (secondary N) is 1. The van der Waals surface area contributed by atoms with Crippen molar-refractivity contribution in [2.24, 2.45) is 0 Å². The minimum absolute atomic E-state index is 0.128. The van der Waals surface area contributed by atoms with Gasteiger partial charge in [-0.25, -0.2) is 0 Å². The van der Waals surface area contributed by atoms with Gasteiger partial charge in [-0.15, -0.1) is 0 Å². The Morgan fingerprint density at radius 2 is 2.28 bits per heavy atom. The zero-order chi connectivity index (χ0) is 13.4. The number of amides is 1. The molecule has 1 rings (SSSR count). The van der Waals surface area contributed by atoms with Crippen LogP contribution in [0.4, 0.5) is 0 Å². The molecule has 0 aromatic carbocycles. The number of nitrogens with zero attached hydrogens (tertiary/aromatic N) is 1. The van der Waals surface area contributed by atoms with E-state index in [-0.39, 0.29) is 12.0 Å². The average Bonchev–Trinajstić information content (AvgIpc) is 2.71. The predicted octanol–water partition coefficient (Wildman–Crippen LogP) is 1.53. The van der Waals surface area contributed by atoms with Crippen LogP contribution in [0.2, 0.25) is 0 Å². The number of rotatable bonds is 8. The summed E-state index contributed by atoms with van der Waals surface area (Å²) >= 11 is 0. The number of carbonyl (C=O) groups is 1. The van der Waals surface area contributed by atoms with Crippen molar-refractivity contribution < 1.29 is 9.90 Å². The lowest BCUT2D eigenvalue weighted by Gasteiger charge is -2.24. The third-order valence-electron chi connectivity index (χ3n) is 3.56. The van der Waals surface area contributed by atoms with Gasteiger partial charge >= 0.3 is 0 Å². The van der Waals surface area contributed by atoms with Gasteiger partial charge in [0.15, 0.2) is 0 Å². The van der Waals surface area contributed by atoms with Gasteiger partial charge in [-0.05, 0) is 39.2 Å². The first-order valence-electron chi connectivity index (χ1n) is 7.32. The molecule has 1 heterocycles. The van der Waals surface area contributed by atoms with Crippen LogP contribution in [0.1, 0.15) is 52.4 Å². The second kappa shape index (κ2) is 8.48. The molecule has 0 radical (unpaired) electrons. The van der Waals surface area contributed by atoms with E-state index in [1.54, 1.807) is 0 Å². The number of likely N-dealkylation sites (tertiary alicyclic amines) is 1. The predicted molar refractivity (Wildman–Crippen MR) is 73.4 cm³/mol. The Balaban J connectivity index is 2.21. The molecule has 0 saturated carbocycles. The maximum atomic E-state index is 11.8. The van der Waals surface area contributed by atoms with Crippen LogP contribution < -0.4 is 5.32 Å². The van der Waals surface area contributed by atoms with E-state index in [1.807, 2.05) is 6.92 Å². The lowest BCUT2D eigenvalue weighted by molar-refractivity contribution is -0.122. The van der Waals surface area contributed by atoms with E-state index in [9.17, 15) is 9.90 Å². The largest absolute Gasteiger partial charge is 0.393 e. The number of hydrogen-bond donors (Lipinski definition) is 2. The highest BCUT2D eigenvalue weighted by Crippen LogP contribution is 2.20. The van der Waals surface area contributed by atoms with E-state index >= 15 is 0 Å². The van der Waals surface area contributed by atoms with E-state index in [1.165, 1.54) is 12.8 Å². The van der Waals surface area contributed by atoms with Crippen LogP contribution in [0.15, 0.2) is 0 Å². The van der Waals surface area contributed by atoms with Crippen molar-refractivity contribution in [1.29, 1.82) is 0 Å². The standard InChI is InChI=1S/C14H28N2O2/c1-3-4-5-8-15-14(18)11-16-9-6-7-13(16)10-12(2)17/h12-13,17H,3-11H2,1-2H3,(H,15,18). The monoisotopic (exact) mass is 256 g/mol. The van der Waals surface area contributed by atoms with Gasteiger partial charge in [0.1, 0.15) is 0 Å². The molecule has 1 amide bonds. The van der Waals surface area contributed by atoms with E-state index in [2.05, 4.69) is 17.1 Å². The van der Waals surface area contributed by atoms with Crippen LogP contribution in [0.5, 0.6) is 0 Å². The first kappa shape index (κ1) is 15.4. The Morgan fingerprint density at radius 3 is 2.94 bits per heavy atom.